The molecule has 0 saturated heterocycles. The zero-order valence-corrected chi connectivity index (χ0v) is 8.84. The maximum atomic E-state index is 12.6. The zero-order chi connectivity index (χ0) is 10.6. The van der Waals surface area contributed by atoms with E-state index in [0.29, 0.717) is 5.82 Å². The standard InChI is InChI=1S/C10H16FN3/c1-4-10(2,3)7-13-8-5-6-12-9(11)14-8/h5-6H,4,7H2,1-3H3,(H,12,13,14). The molecule has 0 aliphatic rings. The first-order valence-electron chi connectivity index (χ1n) is 4.76. The van der Waals surface area contributed by atoms with Crippen LogP contribution in [0.25, 0.3) is 0 Å². The van der Waals surface area contributed by atoms with Crippen LogP contribution >= 0.6 is 0 Å². The number of hydrogen-bond acceptors (Lipinski definition) is 3. The van der Waals surface area contributed by atoms with Gasteiger partial charge in [0, 0.05) is 12.7 Å². The summed E-state index contributed by atoms with van der Waals surface area (Å²) in [7, 11) is 0. The molecule has 0 atom stereocenters. The lowest BCUT2D eigenvalue weighted by atomic mass is 9.90. The molecule has 1 aromatic heterocycles. The molecule has 0 saturated carbocycles. The van der Waals surface area contributed by atoms with E-state index < -0.39 is 6.08 Å². The SMILES string of the molecule is CCC(C)(C)CNc1ccnc(F)n1. The number of halogens is 1. The van der Waals surface area contributed by atoms with Crippen LogP contribution < -0.4 is 5.32 Å². The summed E-state index contributed by atoms with van der Waals surface area (Å²) in [5, 5.41) is 3.09. The fourth-order valence-corrected chi connectivity index (χ4v) is 0.888. The molecule has 0 aromatic carbocycles. The first-order chi connectivity index (χ1) is 6.53. The number of aromatic nitrogens is 2. The number of anilines is 1. The highest BCUT2D eigenvalue weighted by molar-refractivity contribution is 5.31. The van der Waals surface area contributed by atoms with Crippen LogP contribution in [0.1, 0.15) is 27.2 Å². The monoisotopic (exact) mass is 197 g/mol. The van der Waals surface area contributed by atoms with Gasteiger partial charge in [-0.3, -0.25) is 0 Å². The van der Waals surface area contributed by atoms with E-state index in [0.717, 1.165) is 13.0 Å². The second kappa shape index (κ2) is 4.35. The molecule has 0 aliphatic carbocycles. The summed E-state index contributed by atoms with van der Waals surface area (Å²) in [6.45, 7) is 7.21. The van der Waals surface area contributed by atoms with Crippen molar-refractivity contribution in [2.75, 3.05) is 11.9 Å². The second-order valence-electron chi connectivity index (χ2n) is 4.08. The number of nitrogens with zero attached hydrogens (tertiary/aromatic N) is 2. The average molecular weight is 197 g/mol. The molecular formula is C10H16FN3. The van der Waals surface area contributed by atoms with Crippen molar-refractivity contribution in [2.45, 2.75) is 27.2 Å². The van der Waals surface area contributed by atoms with Gasteiger partial charge in [-0.1, -0.05) is 20.8 Å². The van der Waals surface area contributed by atoms with Gasteiger partial charge in [0.05, 0.1) is 0 Å². The Bertz CT molecular complexity index is 299. The van der Waals surface area contributed by atoms with Crippen LogP contribution in [-0.4, -0.2) is 16.5 Å². The summed E-state index contributed by atoms with van der Waals surface area (Å²) in [6.07, 6.45) is 1.78. The van der Waals surface area contributed by atoms with Gasteiger partial charge >= 0.3 is 6.08 Å². The van der Waals surface area contributed by atoms with E-state index in [2.05, 4.69) is 36.1 Å². The van der Waals surface area contributed by atoms with Gasteiger partial charge in [-0.05, 0) is 17.9 Å². The van der Waals surface area contributed by atoms with Crippen molar-refractivity contribution in [1.29, 1.82) is 0 Å². The van der Waals surface area contributed by atoms with Crippen molar-refractivity contribution in [3.8, 4) is 0 Å². The Kier molecular flexibility index (Phi) is 3.38. The molecule has 1 N–H and O–H groups in total. The third-order valence-corrected chi connectivity index (χ3v) is 2.33. The highest BCUT2D eigenvalue weighted by Gasteiger charge is 2.14. The predicted octanol–water partition coefficient (Wildman–Crippen LogP) is 2.46. The molecule has 0 spiro atoms. The summed E-state index contributed by atoms with van der Waals surface area (Å²) >= 11 is 0. The minimum absolute atomic E-state index is 0.196. The van der Waals surface area contributed by atoms with Crippen LogP contribution in [-0.2, 0) is 0 Å². The van der Waals surface area contributed by atoms with E-state index in [1.54, 1.807) is 6.07 Å². The third kappa shape index (κ3) is 3.28. The Morgan fingerprint density at radius 1 is 1.50 bits per heavy atom. The summed E-state index contributed by atoms with van der Waals surface area (Å²) < 4.78 is 12.6. The molecule has 0 amide bonds. The Morgan fingerprint density at radius 2 is 2.21 bits per heavy atom. The quantitative estimate of drug-likeness (QED) is 0.753. The van der Waals surface area contributed by atoms with E-state index in [9.17, 15) is 4.39 Å². The van der Waals surface area contributed by atoms with Crippen molar-refractivity contribution in [3.63, 3.8) is 0 Å². The van der Waals surface area contributed by atoms with Crippen molar-refractivity contribution in [1.82, 2.24) is 9.97 Å². The molecule has 1 heterocycles. The van der Waals surface area contributed by atoms with Crippen LogP contribution in [0.4, 0.5) is 10.2 Å². The van der Waals surface area contributed by atoms with Gasteiger partial charge in [-0.2, -0.15) is 9.37 Å². The van der Waals surface area contributed by atoms with Crippen molar-refractivity contribution in [2.24, 2.45) is 5.41 Å². The Balaban J connectivity index is 2.54. The lowest BCUT2D eigenvalue weighted by molar-refractivity contribution is 0.376. The van der Waals surface area contributed by atoms with E-state index in [4.69, 9.17) is 0 Å². The number of hydrogen-bond donors (Lipinski definition) is 1. The third-order valence-electron chi connectivity index (χ3n) is 2.33. The molecule has 4 heteroatoms. The van der Waals surface area contributed by atoms with E-state index in [-0.39, 0.29) is 5.41 Å². The highest BCUT2D eigenvalue weighted by atomic mass is 19.1. The summed E-state index contributed by atoms with van der Waals surface area (Å²) in [4.78, 5) is 7.01. The largest absolute Gasteiger partial charge is 0.369 e. The molecule has 0 bridgehead atoms. The van der Waals surface area contributed by atoms with Crippen molar-refractivity contribution < 1.29 is 4.39 Å². The molecule has 0 radical (unpaired) electrons. The molecule has 1 rings (SSSR count). The van der Waals surface area contributed by atoms with Crippen LogP contribution in [0.2, 0.25) is 0 Å². The Hall–Kier alpha value is -1.19. The van der Waals surface area contributed by atoms with Crippen molar-refractivity contribution in [3.05, 3.63) is 18.3 Å². The summed E-state index contributed by atoms with van der Waals surface area (Å²) in [5.41, 5.74) is 0.196. The minimum atomic E-state index is -0.690. The number of rotatable bonds is 4. The van der Waals surface area contributed by atoms with Crippen LogP contribution in [0.15, 0.2) is 12.3 Å². The fraction of sp³-hybridized carbons (Fsp3) is 0.600. The summed E-state index contributed by atoms with van der Waals surface area (Å²) in [6, 6.07) is 1.66. The maximum absolute atomic E-state index is 12.6. The molecular weight excluding hydrogens is 181 g/mol. The van der Waals surface area contributed by atoms with Gasteiger partial charge in [0.25, 0.3) is 0 Å². The van der Waals surface area contributed by atoms with Gasteiger partial charge in [-0.25, -0.2) is 4.98 Å². The first-order valence-corrected chi connectivity index (χ1v) is 4.76. The Morgan fingerprint density at radius 3 is 2.79 bits per heavy atom. The van der Waals surface area contributed by atoms with Gasteiger partial charge in [0.2, 0.25) is 0 Å². The summed E-state index contributed by atoms with van der Waals surface area (Å²) in [5.74, 6) is 0.541. The van der Waals surface area contributed by atoms with Crippen LogP contribution in [0.5, 0.6) is 0 Å². The first kappa shape index (κ1) is 10.9. The lowest BCUT2D eigenvalue weighted by Crippen LogP contribution is -2.22. The normalized spacial score (nSPS) is 11.4. The lowest BCUT2D eigenvalue weighted by Gasteiger charge is -2.22. The average Bonchev–Trinajstić information content (AvgIpc) is 2.15. The molecule has 1 aromatic rings. The molecule has 0 aliphatic heterocycles. The maximum Gasteiger partial charge on any atom is 0.310 e. The van der Waals surface area contributed by atoms with Gasteiger partial charge in [-0.15, -0.1) is 0 Å². The topological polar surface area (TPSA) is 37.8 Å². The van der Waals surface area contributed by atoms with Gasteiger partial charge in [0.15, 0.2) is 0 Å². The molecule has 3 nitrogen and oxygen atoms in total. The molecule has 0 unspecified atom stereocenters. The second-order valence-corrected chi connectivity index (χ2v) is 4.08. The van der Waals surface area contributed by atoms with Gasteiger partial charge < -0.3 is 5.32 Å². The van der Waals surface area contributed by atoms with Gasteiger partial charge in [0.1, 0.15) is 5.82 Å². The Labute approximate surface area is 83.8 Å². The minimum Gasteiger partial charge on any atom is -0.369 e. The fourth-order valence-electron chi connectivity index (χ4n) is 0.888. The van der Waals surface area contributed by atoms with Crippen molar-refractivity contribution >= 4 is 5.82 Å². The molecule has 14 heavy (non-hydrogen) atoms. The van der Waals surface area contributed by atoms with Crippen LogP contribution in [0.3, 0.4) is 0 Å². The smallest absolute Gasteiger partial charge is 0.310 e. The zero-order valence-electron chi connectivity index (χ0n) is 8.84. The number of nitrogens with one attached hydrogen (secondary N) is 1. The van der Waals surface area contributed by atoms with E-state index in [1.165, 1.54) is 6.20 Å². The molecule has 78 valence electrons. The van der Waals surface area contributed by atoms with E-state index >= 15 is 0 Å². The predicted molar refractivity (Wildman–Crippen MR) is 54.6 cm³/mol. The molecule has 0 fully saturated rings. The van der Waals surface area contributed by atoms with Crippen LogP contribution in [0, 0.1) is 11.5 Å². The highest BCUT2D eigenvalue weighted by Crippen LogP contribution is 2.19. The van der Waals surface area contributed by atoms with E-state index in [1.807, 2.05) is 0 Å².